The smallest absolute Gasteiger partial charge is 0.312 e. The number of unbranched alkanes of at least 4 members (excludes halogenated alkanes) is 1. The maximum atomic E-state index is 13.8. The predicted molar refractivity (Wildman–Crippen MR) is 205 cm³/mol. The molecular formula is C40H49N3O16. The van der Waals surface area contributed by atoms with Crippen LogP contribution in [0.15, 0.2) is 57.4 Å². The molecule has 1 aliphatic rings. The maximum absolute atomic E-state index is 13.8. The van der Waals surface area contributed by atoms with Gasteiger partial charge in [-0.1, -0.05) is 16.9 Å². The highest BCUT2D eigenvalue weighted by Crippen LogP contribution is 2.39. The van der Waals surface area contributed by atoms with Gasteiger partial charge in [-0.3, -0.25) is 14.4 Å². The van der Waals surface area contributed by atoms with Gasteiger partial charge in [0.2, 0.25) is 11.2 Å². The zero-order valence-corrected chi connectivity index (χ0v) is 32.8. The van der Waals surface area contributed by atoms with Crippen LogP contribution in [-0.4, -0.2) is 122 Å². The molecular weight excluding hydrogens is 778 g/mol. The van der Waals surface area contributed by atoms with Crippen LogP contribution in [0.2, 0.25) is 0 Å². The van der Waals surface area contributed by atoms with E-state index in [1.165, 1.54) is 11.8 Å². The molecule has 5 rings (SSSR count). The Morgan fingerprint density at radius 2 is 1.68 bits per heavy atom. The van der Waals surface area contributed by atoms with Crippen molar-refractivity contribution in [3.05, 3.63) is 69.7 Å². The van der Waals surface area contributed by atoms with E-state index in [9.17, 15) is 45.0 Å². The number of aliphatic hydroxyl groups excluding tert-OH is 4. The summed E-state index contributed by atoms with van der Waals surface area (Å²) in [6, 6.07) is 7.43. The number of esters is 2. The summed E-state index contributed by atoms with van der Waals surface area (Å²) in [6.07, 6.45) is -2.94. The lowest BCUT2D eigenvalue weighted by molar-refractivity contribution is -0.301. The van der Waals surface area contributed by atoms with E-state index in [2.05, 4.69) is 10.3 Å². The molecule has 19 heteroatoms. The number of carbonyl (C=O) groups is 2. The third kappa shape index (κ3) is 11.6. The molecule has 6 N–H and O–H groups in total. The van der Waals surface area contributed by atoms with Crippen LogP contribution in [0.3, 0.4) is 0 Å². The highest BCUT2D eigenvalue weighted by Gasteiger charge is 2.44. The molecule has 0 radical (unpaired) electrons. The number of ether oxygens (including phenoxy) is 6. The fraction of sp³-hybridized carbons (Fsp3) is 0.475. The van der Waals surface area contributed by atoms with Crippen LogP contribution in [0, 0.1) is 0 Å². The summed E-state index contributed by atoms with van der Waals surface area (Å²) >= 11 is 0. The van der Waals surface area contributed by atoms with Gasteiger partial charge >= 0.3 is 11.9 Å². The van der Waals surface area contributed by atoms with Crippen LogP contribution in [0.5, 0.6) is 23.0 Å². The van der Waals surface area contributed by atoms with E-state index < -0.39 is 72.6 Å². The van der Waals surface area contributed by atoms with Crippen LogP contribution >= 0.6 is 0 Å². The molecule has 5 atom stereocenters. The average molecular weight is 828 g/mol. The summed E-state index contributed by atoms with van der Waals surface area (Å²) in [5.74, 6) is -2.54. The molecule has 0 unspecified atom stereocenters. The molecule has 4 aromatic rings. The minimum Gasteiger partial charge on any atom is -0.507 e. The number of benzene rings is 2. The van der Waals surface area contributed by atoms with Gasteiger partial charge in [-0.15, -0.1) is 5.10 Å². The number of aliphatic hydroxyl groups is 4. The Kier molecular flexibility index (Phi) is 15.9. The maximum Gasteiger partial charge on any atom is 0.312 e. The van der Waals surface area contributed by atoms with Crippen molar-refractivity contribution in [3.63, 3.8) is 0 Å². The van der Waals surface area contributed by atoms with Gasteiger partial charge in [0.25, 0.3) is 0 Å². The highest BCUT2D eigenvalue weighted by atomic mass is 16.7. The number of hydrogen-bond acceptors (Lipinski definition) is 18. The number of nitrogens with zero attached hydrogens (tertiary/aromatic N) is 3. The fourth-order valence-electron chi connectivity index (χ4n) is 5.99. The van der Waals surface area contributed by atoms with E-state index in [0.717, 1.165) is 11.6 Å². The lowest BCUT2D eigenvalue weighted by Crippen LogP contribution is -2.59. The monoisotopic (exact) mass is 827 g/mol. The van der Waals surface area contributed by atoms with Gasteiger partial charge in [-0.25, -0.2) is 4.68 Å². The molecule has 2 aromatic heterocycles. The molecule has 0 aliphatic carbocycles. The third-order valence-corrected chi connectivity index (χ3v) is 9.23. The van der Waals surface area contributed by atoms with Gasteiger partial charge in [-0.2, -0.15) is 0 Å². The molecule has 3 heterocycles. The van der Waals surface area contributed by atoms with E-state index in [4.69, 9.17) is 32.8 Å². The van der Waals surface area contributed by atoms with E-state index >= 15 is 0 Å². The second kappa shape index (κ2) is 21.0. The quantitative estimate of drug-likeness (QED) is 0.0422. The number of phenols is 2. The number of carbonyl (C=O) groups excluding carboxylic acids is 2. The second-order valence-corrected chi connectivity index (χ2v) is 13.9. The molecule has 320 valence electrons. The van der Waals surface area contributed by atoms with Gasteiger partial charge in [-0.05, 0) is 57.4 Å². The number of phenolic OH excluding ortho intramolecular Hbond substituents is 2. The predicted octanol–water partition coefficient (Wildman–Crippen LogP) is 2.02. The lowest BCUT2D eigenvalue weighted by Gasteiger charge is -2.39. The van der Waals surface area contributed by atoms with Gasteiger partial charge in [0.15, 0.2) is 12.1 Å². The summed E-state index contributed by atoms with van der Waals surface area (Å²) in [6.45, 7) is 3.97. The molecule has 1 aliphatic heterocycles. The molecule has 2 aromatic carbocycles. The normalized spacial score (nSPS) is 19.1. The Hall–Kier alpha value is -5.41. The van der Waals surface area contributed by atoms with Crippen molar-refractivity contribution < 1.29 is 73.1 Å². The number of rotatable bonds is 20. The number of fused-ring (bicyclic) bond motifs is 1. The summed E-state index contributed by atoms with van der Waals surface area (Å²) in [5, 5.41) is 68.2. The van der Waals surface area contributed by atoms with Crippen molar-refractivity contribution in [2.45, 2.75) is 89.8 Å². The second-order valence-electron chi connectivity index (χ2n) is 13.9. The van der Waals surface area contributed by atoms with E-state index in [1.54, 1.807) is 30.5 Å². The Bertz CT molecular complexity index is 2130. The van der Waals surface area contributed by atoms with Crippen LogP contribution in [-0.2, 0) is 48.1 Å². The van der Waals surface area contributed by atoms with Gasteiger partial charge in [0, 0.05) is 23.8 Å². The number of aromatic nitrogens is 3. The number of hydrogen-bond donors (Lipinski definition) is 6. The summed E-state index contributed by atoms with van der Waals surface area (Å²) < 4.78 is 40.0. The molecule has 0 amide bonds. The molecule has 59 heavy (non-hydrogen) atoms. The van der Waals surface area contributed by atoms with Crippen LogP contribution in [0.25, 0.3) is 22.3 Å². The first-order valence-corrected chi connectivity index (χ1v) is 18.9. The Balaban J connectivity index is 1.06. The minimum absolute atomic E-state index is 0.0235. The average Bonchev–Trinajstić information content (AvgIpc) is 3.67. The van der Waals surface area contributed by atoms with Gasteiger partial charge in [0.1, 0.15) is 58.3 Å². The summed E-state index contributed by atoms with van der Waals surface area (Å²) in [4.78, 5) is 39.3. The largest absolute Gasteiger partial charge is 0.507 e. The van der Waals surface area contributed by atoms with Crippen molar-refractivity contribution in [2.75, 3.05) is 33.5 Å². The van der Waals surface area contributed by atoms with Crippen molar-refractivity contribution in [1.82, 2.24) is 15.0 Å². The van der Waals surface area contributed by atoms with Crippen molar-refractivity contribution in [3.8, 4) is 34.3 Å². The van der Waals surface area contributed by atoms with E-state index in [-0.39, 0.29) is 67.2 Å². The number of aromatic hydroxyl groups is 2. The molecule has 19 nitrogen and oxygen atoms in total. The summed E-state index contributed by atoms with van der Waals surface area (Å²) in [7, 11) is 1.49. The Morgan fingerprint density at radius 1 is 0.949 bits per heavy atom. The van der Waals surface area contributed by atoms with Crippen LogP contribution in [0.1, 0.15) is 50.8 Å². The molecule has 0 bridgehead atoms. The summed E-state index contributed by atoms with van der Waals surface area (Å²) in [5.41, 5.74) is 1.15. The SMILES string of the molecule is COc1ccc(-c2oc3c(CC=C(C)C)c(O)cc(O)c3c(=O)c2OC(=O)CCC(=O)OCCCCOCc2cn(CCO[C@H]3O[C@@H](CO)[C@H](O)[C@@H](O)[C@@H]3O)nn2)cc1. The molecule has 0 saturated carbocycles. The van der Waals surface area contributed by atoms with E-state index in [1.807, 2.05) is 19.9 Å². The Morgan fingerprint density at radius 3 is 2.39 bits per heavy atom. The van der Waals surface area contributed by atoms with Crippen molar-refractivity contribution in [2.24, 2.45) is 0 Å². The molecule has 1 saturated heterocycles. The van der Waals surface area contributed by atoms with Gasteiger partial charge in [0.05, 0.1) is 59.1 Å². The van der Waals surface area contributed by atoms with Crippen LogP contribution < -0.4 is 14.9 Å². The third-order valence-electron chi connectivity index (χ3n) is 9.23. The van der Waals surface area contributed by atoms with Crippen LogP contribution in [0.4, 0.5) is 0 Å². The Labute approximate surface area is 337 Å². The zero-order valence-electron chi connectivity index (χ0n) is 32.8. The lowest BCUT2D eigenvalue weighted by atomic mass is 9.99. The zero-order chi connectivity index (χ0) is 42.6. The van der Waals surface area contributed by atoms with E-state index in [0.29, 0.717) is 36.5 Å². The first kappa shape index (κ1) is 44.7. The van der Waals surface area contributed by atoms with Crippen molar-refractivity contribution in [1.29, 1.82) is 0 Å². The highest BCUT2D eigenvalue weighted by molar-refractivity contribution is 5.92. The number of allylic oxidation sites excluding steroid dienone is 2. The number of methoxy groups -OCH3 is 1. The fourth-order valence-corrected chi connectivity index (χ4v) is 5.99. The van der Waals surface area contributed by atoms with Gasteiger partial charge < -0.3 is 63.5 Å². The molecule has 0 spiro atoms. The molecule has 1 fully saturated rings. The first-order valence-electron chi connectivity index (χ1n) is 18.9. The first-order chi connectivity index (χ1) is 28.3. The topological polar surface area (TPSA) is 272 Å². The standard InChI is InChI=1S/C40H49N3O16/c1-22(2)6-11-26-27(45)18-28(46)32-34(50)39(37(59-38(26)32)23-7-9-25(53-3)10-8-23)58-31(48)13-12-30(47)55-16-5-4-15-54-21-24-19-43(42-41-24)14-17-56-40-36(52)35(51)33(49)29(20-44)57-40/h6-10,18-19,29,33,35-36,40,44-46,49,51-52H,4-5,11-17,20-21H2,1-3H3/t29-,33-,35+,36-,40-/m0/s1. The van der Waals surface area contributed by atoms with Crippen molar-refractivity contribution >= 4 is 22.9 Å². The minimum atomic E-state index is -1.54.